The third kappa shape index (κ3) is 16.4. The van der Waals surface area contributed by atoms with E-state index in [1.807, 2.05) is 19.1 Å². The van der Waals surface area contributed by atoms with E-state index in [4.69, 9.17) is 20.4 Å². The third-order valence-electron chi connectivity index (χ3n) is 5.80. The van der Waals surface area contributed by atoms with Crippen molar-refractivity contribution < 1.29 is 34.8 Å². The Hall–Kier alpha value is -3.18. The molecule has 2 rings (SSSR count). The summed E-state index contributed by atoms with van der Waals surface area (Å²) in [7, 11) is 0. The van der Waals surface area contributed by atoms with Gasteiger partial charge in [-0.1, -0.05) is 25.0 Å². The molecule has 0 aliphatic rings. The van der Waals surface area contributed by atoms with Crippen LogP contribution in [0.25, 0.3) is 0 Å². The van der Waals surface area contributed by atoms with Crippen LogP contribution in [-0.4, -0.2) is 58.7 Å². The quantitative estimate of drug-likeness (QED) is 0.145. The van der Waals surface area contributed by atoms with E-state index in [1.54, 1.807) is 12.1 Å². The van der Waals surface area contributed by atoms with Crippen molar-refractivity contribution >= 4 is 17.7 Å². The molecule has 8 N–H and O–H groups in total. The molecule has 10 nitrogen and oxygen atoms in total. The van der Waals surface area contributed by atoms with Gasteiger partial charge in [-0.25, -0.2) is 4.79 Å². The Morgan fingerprint density at radius 2 is 1.67 bits per heavy atom. The molecule has 2 amide bonds. The summed E-state index contributed by atoms with van der Waals surface area (Å²) < 4.78 is 5.75. The van der Waals surface area contributed by atoms with Gasteiger partial charge in [-0.15, -0.1) is 0 Å². The van der Waals surface area contributed by atoms with E-state index in [0.29, 0.717) is 17.7 Å². The van der Waals surface area contributed by atoms with Crippen LogP contribution in [0.5, 0.6) is 5.75 Å². The molecule has 0 aliphatic heterocycles. The van der Waals surface area contributed by atoms with Gasteiger partial charge in [-0.2, -0.15) is 0 Å². The highest BCUT2D eigenvalue weighted by Crippen LogP contribution is 2.22. The maximum atomic E-state index is 11.0. The Morgan fingerprint density at radius 3 is 2.33 bits per heavy atom. The number of unbranched alkanes of at least 4 members (excludes halogenated alkanes) is 4. The Kier molecular flexibility index (Phi) is 17.2. The van der Waals surface area contributed by atoms with E-state index in [2.05, 4.69) is 16.7 Å². The number of aromatic hydroxyl groups is 1. The lowest BCUT2D eigenvalue weighted by Gasteiger charge is -2.14. The number of carboxylic acids is 1. The van der Waals surface area contributed by atoms with Gasteiger partial charge in [0, 0.05) is 37.9 Å². The van der Waals surface area contributed by atoms with Crippen molar-refractivity contribution in [1.82, 2.24) is 5.32 Å². The Morgan fingerprint density at radius 1 is 1.00 bits per heavy atom. The fourth-order valence-corrected chi connectivity index (χ4v) is 3.96. The fourth-order valence-electron chi connectivity index (χ4n) is 3.96. The first kappa shape index (κ1) is 33.8. The summed E-state index contributed by atoms with van der Waals surface area (Å²) in [5.74, 6) is -0.794. The molecule has 0 bridgehead atoms. The molecule has 218 valence electrons. The van der Waals surface area contributed by atoms with Crippen molar-refractivity contribution in [1.29, 1.82) is 0 Å². The minimum Gasteiger partial charge on any atom is -0.508 e. The maximum absolute atomic E-state index is 11.0. The number of benzene rings is 2. The molecule has 0 aromatic heterocycles. The smallest absolute Gasteiger partial charge is 0.316 e. The fraction of sp³-hybridized carbons (Fsp3) is 0.517. The highest BCUT2D eigenvalue weighted by molar-refractivity contribution is 5.87. The molecule has 2 aromatic rings. The summed E-state index contributed by atoms with van der Waals surface area (Å²) in [6.07, 6.45) is 6.59. The monoisotopic (exact) mass is 547 g/mol. The van der Waals surface area contributed by atoms with E-state index in [9.17, 15) is 20.1 Å². The Balaban J connectivity index is 0.00000177. The molecule has 0 spiro atoms. The number of carbonyl (C=O) groups is 2. The summed E-state index contributed by atoms with van der Waals surface area (Å²) >= 11 is 0. The van der Waals surface area contributed by atoms with Crippen molar-refractivity contribution in [3.8, 4) is 5.75 Å². The number of hydrogen-bond acceptors (Lipinski definition) is 7. The SMILES string of the molecule is CC(=O)O.Cc1cc(CCCCOCCCCCCNC[C@H](O)c2ccc(O)c(CO)c2)cc(NC(N)=O)c1. The van der Waals surface area contributed by atoms with Crippen LogP contribution < -0.4 is 16.4 Å². The molecule has 0 heterocycles. The average molecular weight is 548 g/mol. The van der Waals surface area contributed by atoms with Crippen LogP contribution in [0, 0.1) is 6.92 Å². The summed E-state index contributed by atoms with van der Waals surface area (Å²) in [5, 5.41) is 42.4. The number of anilines is 1. The van der Waals surface area contributed by atoms with Crippen LogP contribution in [0.3, 0.4) is 0 Å². The number of aliphatic hydroxyl groups excluding tert-OH is 2. The molecule has 0 saturated carbocycles. The number of amides is 2. The maximum Gasteiger partial charge on any atom is 0.316 e. The van der Waals surface area contributed by atoms with Gasteiger partial charge >= 0.3 is 6.03 Å². The largest absolute Gasteiger partial charge is 0.508 e. The summed E-state index contributed by atoms with van der Waals surface area (Å²) in [6, 6.07) is 10.2. The van der Waals surface area contributed by atoms with E-state index in [0.717, 1.165) is 82.9 Å². The topological polar surface area (TPSA) is 174 Å². The second kappa shape index (κ2) is 19.8. The van der Waals surface area contributed by atoms with Crippen molar-refractivity contribution in [2.45, 2.75) is 71.5 Å². The van der Waals surface area contributed by atoms with Crippen molar-refractivity contribution in [2.24, 2.45) is 5.73 Å². The lowest BCUT2D eigenvalue weighted by molar-refractivity contribution is -0.134. The number of rotatable bonds is 17. The van der Waals surface area contributed by atoms with Gasteiger partial charge in [0.05, 0.1) is 12.7 Å². The predicted octanol–water partition coefficient (Wildman–Crippen LogP) is 4.00. The lowest BCUT2D eigenvalue weighted by atomic mass is 10.0. The van der Waals surface area contributed by atoms with Gasteiger partial charge in [-0.3, -0.25) is 4.79 Å². The van der Waals surface area contributed by atoms with Crippen molar-refractivity contribution in [2.75, 3.05) is 31.6 Å². The van der Waals surface area contributed by atoms with Gasteiger partial charge in [0.1, 0.15) is 5.75 Å². The standard InChI is InChI=1S/C27H41N3O5.C2H4O2/c1-20-14-21(16-24(15-20)30-27(28)34)8-4-7-13-35-12-6-3-2-5-11-29-18-26(33)22-9-10-25(32)23(17-22)19-31;1-2(3)4/h9-10,14-17,26,29,31-33H,2-8,11-13,18-19H2,1H3,(H3,28,30,34);1H3,(H,3,4)/t26-;/m0./s1. The number of nitrogens with one attached hydrogen (secondary N) is 2. The molecule has 0 aliphatic carbocycles. The predicted molar refractivity (Wildman–Crippen MR) is 152 cm³/mol. The van der Waals surface area contributed by atoms with Crippen LogP contribution in [-0.2, 0) is 22.6 Å². The van der Waals surface area contributed by atoms with Gasteiger partial charge in [0.15, 0.2) is 0 Å². The van der Waals surface area contributed by atoms with Crippen molar-refractivity contribution in [3.63, 3.8) is 0 Å². The van der Waals surface area contributed by atoms with Gasteiger partial charge < -0.3 is 41.5 Å². The molecular weight excluding hydrogens is 502 g/mol. The number of phenols is 1. The van der Waals surface area contributed by atoms with Crippen molar-refractivity contribution in [3.05, 3.63) is 58.7 Å². The first-order chi connectivity index (χ1) is 18.6. The van der Waals surface area contributed by atoms with Crippen LogP contribution in [0.1, 0.15) is 73.8 Å². The van der Waals surface area contributed by atoms with Gasteiger partial charge in [0.2, 0.25) is 0 Å². The number of hydrogen-bond donors (Lipinski definition) is 7. The first-order valence-electron chi connectivity index (χ1n) is 13.4. The highest BCUT2D eigenvalue weighted by Gasteiger charge is 2.10. The Labute approximate surface area is 231 Å². The number of carboxylic acid groups (broad SMARTS) is 1. The van der Waals surface area contributed by atoms with E-state index in [-0.39, 0.29) is 12.4 Å². The molecule has 0 fully saturated rings. The second-order valence-electron chi connectivity index (χ2n) is 9.47. The number of ether oxygens (including phenoxy) is 1. The number of aryl methyl sites for hydroxylation is 2. The molecule has 2 aromatic carbocycles. The average Bonchev–Trinajstić information content (AvgIpc) is 2.86. The zero-order valence-corrected chi connectivity index (χ0v) is 23.1. The normalized spacial score (nSPS) is 11.4. The first-order valence-corrected chi connectivity index (χ1v) is 13.4. The number of carbonyl (C=O) groups excluding carboxylic acids is 1. The Bertz CT molecular complexity index is 997. The lowest BCUT2D eigenvalue weighted by Crippen LogP contribution is -2.22. The molecule has 1 atom stereocenters. The van der Waals surface area contributed by atoms with Crippen LogP contribution in [0.4, 0.5) is 10.5 Å². The van der Waals surface area contributed by atoms with E-state index < -0.39 is 18.1 Å². The van der Waals surface area contributed by atoms with Crippen LogP contribution in [0.15, 0.2) is 36.4 Å². The minimum atomic E-state index is -0.833. The molecule has 0 saturated heterocycles. The van der Waals surface area contributed by atoms with Gasteiger partial charge in [0.25, 0.3) is 5.97 Å². The number of aliphatic carboxylic acids is 1. The van der Waals surface area contributed by atoms with E-state index >= 15 is 0 Å². The van der Waals surface area contributed by atoms with Crippen LogP contribution >= 0.6 is 0 Å². The van der Waals surface area contributed by atoms with Crippen LogP contribution in [0.2, 0.25) is 0 Å². The third-order valence-corrected chi connectivity index (χ3v) is 5.80. The molecule has 0 unspecified atom stereocenters. The highest BCUT2D eigenvalue weighted by atomic mass is 16.5. The number of primary amides is 1. The summed E-state index contributed by atoms with van der Waals surface area (Å²) in [4.78, 5) is 20.0. The summed E-state index contributed by atoms with van der Waals surface area (Å²) in [6.45, 7) is 5.63. The number of urea groups is 1. The zero-order chi connectivity index (χ0) is 29.0. The molecule has 0 radical (unpaired) electrons. The second-order valence-corrected chi connectivity index (χ2v) is 9.47. The zero-order valence-electron chi connectivity index (χ0n) is 23.1. The summed E-state index contributed by atoms with van der Waals surface area (Å²) in [5.41, 5.74) is 9.32. The number of aliphatic hydroxyl groups is 2. The molecule has 10 heteroatoms. The minimum absolute atomic E-state index is 0.0391. The van der Waals surface area contributed by atoms with Gasteiger partial charge in [-0.05, 0) is 86.5 Å². The molecule has 39 heavy (non-hydrogen) atoms. The number of nitrogens with two attached hydrogens (primary N) is 1. The molecular formula is C29H45N3O7. The van der Waals surface area contributed by atoms with E-state index in [1.165, 1.54) is 11.6 Å².